The molecular weight excluding hydrogens is 214 g/mol. The average Bonchev–Trinajstić information content (AvgIpc) is 3.01. The van der Waals surface area contributed by atoms with Gasteiger partial charge >= 0.3 is 0 Å². The Morgan fingerprint density at radius 2 is 2.13 bits per heavy atom. The van der Waals surface area contributed by atoms with Gasteiger partial charge in [-0.05, 0) is 25.0 Å². The van der Waals surface area contributed by atoms with Crippen LogP contribution >= 0.6 is 0 Å². The van der Waals surface area contributed by atoms with Gasteiger partial charge in [0.15, 0.2) is 9.84 Å². The molecule has 0 aromatic carbocycles. The second kappa shape index (κ2) is 3.48. The third kappa shape index (κ3) is 1.84. The molecule has 0 spiro atoms. The molecule has 0 amide bonds. The minimum absolute atomic E-state index is 0.0308. The van der Waals surface area contributed by atoms with E-state index in [0.29, 0.717) is 0 Å². The summed E-state index contributed by atoms with van der Waals surface area (Å²) in [4.78, 5) is 11.8. The molecule has 1 aromatic heterocycles. The fourth-order valence-electron chi connectivity index (χ4n) is 1.52. The van der Waals surface area contributed by atoms with Gasteiger partial charge in [-0.25, -0.2) is 8.42 Å². The minimum atomic E-state index is -3.39. The summed E-state index contributed by atoms with van der Waals surface area (Å²) < 4.78 is 24.7. The van der Waals surface area contributed by atoms with E-state index in [-0.39, 0.29) is 22.2 Å². The van der Waals surface area contributed by atoms with E-state index in [0.717, 1.165) is 12.8 Å². The Kier molecular flexibility index (Phi) is 2.42. The van der Waals surface area contributed by atoms with E-state index in [1.54, 1.807) is 19.2 Å². The summed E-state index contributed by atoms with van der Waals surface area (Å²) in [5.74, 6) is -0.0308. The molecule has 0 unspecified atom stereocenters. The van der Waals surface area contributed by atoms with Gasteiger partial charge in [-0.2, -0.15) is 0 Å². The lowest BCUT2D eigenvalue weighted by molar-refractivity contribution is 0.591. The second-order valence-electron chi connectivity index (χ2n) is 3.72. The Bertz CT molecular complexity index is 526. The van der Waals surface area contributed by atoms with Gasteiger partial charge in [-0.3, -0.25) is 4.79 Å². The van der Waals surface area contributed by atoms with E-state index in [9.17, 15) is 13.2 Å². The largest absolute Gasteiger partial charge is 0.311 e. The fourth-order valence-corrected chi connectivity index (χ4v) is 2.49. The maximum absolute atomic E-state index is 11.8. The summed E-state index contributed by atoms with van der Waals surface area (Å²) in [6, 6.07) is 3.23. The zero-order chi connectivity index (χ0) is 11.1. The van der Waals surface area contributed by atoms with Crippen LogP contribution in [0.4, 0.5) is 0 Å². The minimum Gasteiger partial charge on any atom is -0.311 e. The first-order valence-corrected chi connectivity index (χ1v) is 6.65. The molecule has 5 heteroatoms. The van der Waals surface area contributed by atoms with Crippen molar-refractivity contribution in [1.29, 1.82) is 0 Å². The summed E-state index contributed by atoms with van der Waals surface area (Å²) in [6.07, 6.45) is 3.60. The van der Waals surface area contributed by atoms with E-state index in [2.05, 4.69) is 0 Å². The van der Waals surface area contributed by atoms with Crippen LogP contribution in [0.3, 0.4) is 0 Å². The van der Waals surface area contributed by atoms with Crippen LogP contribution < -0.4 is 5.56 Å². The van der Waals surface area contributed by atoms with Crippen molar-refractivity contribution in [3.63, 3.8) is 0 Å². The molecule has 4 nitrogen and oxygen atoms in total. The van der Waals surface area contributed by atoms with Gasteiger partial charge in [0.2, 0.25) is 0 Å². The zero-order valence-corrected chi connectivity index (χ0v) is 9.33. The van der Waals surface area contributed by atoms with Gasteiger partial charge in [0.1, 0.15) is 4.90 Å². The number of hydrogen-bond donors (Lipinski definition) is 0. The summed E-state index contributed by atoms with van der Waals surface area (Å²) >= 11 is 0. The van der Waals surface area contributed by atoms with Crippen LogP contribution in [0.2, 0.25) is 0 Å². The molecule has 15 heavy (non-hydrogen) atoms. The van der Waals surface area contributed by atoms with Crippen molar-refractivity contribution in [2.45, 2.75) is 30.7 Å². The molecule has 0 aliphatic heterocycles. The Morgan fingerprint density at radius 1 is 1.47 bits per heavy atom. The lowest BCUT2D eigenvalue weighted by Gasteiger charge is -2.05. The Balaban J connectivity index is 2.59. The van der Waals surface area contributed by atoms with Crippen molar-refractivity contribution >= 4 is 9.84 Å². The van der Waals surface area contributed by atoms with Crippen LogP contribution in [0.5, 0.6) is 0 Å². The molecule has 82 valence electrons. The van der Waals surface area contributed by atoms with Crippen molar-refractivity contribution in [2.75, 3.05) is 5.75 Å². The molecule has 1 aliphatic carbocycles. The summed E-state index contributed by atoms with van der Waals surface area (Å²) in [5.41, 5.74) is -0.373. The van der Waals surface area contributed by atoms with Crippen molar-refractivity contribution in [3.8, 4) is 0 Å². The van der Waals surface area contributed by atoms with Gasteiger partial charge in [0.05, 0.1) is 5.75 Å². The second-order valence-corrected chi connectivity index (χ2v) is 5.97. The van der Waals surface area contributed by atoms with E-state index >= 15 is 0 Å². The summed E-state index contributed by atoms with van der Waals surface area (Å²) in [6.45, 7) is 1.54. The summed E-state index contributed by atoms with van der Waals surface area (Å²) in [5, 5.41) is 0. The highest BCUT2D eigenvalue weighted by Crippen LogP contribution is 2.33. The van der Waals surface area contributed by atoms with Crippen molar-refractivity contribution < 1.29 is 8.42 Å². The SMILES string of the molecule is CCS(=O)(=O)c1cccn(C2CC2)c1=O. The Labute approximate surface area is 88.5 Å². The molecular formula is C10H13NO3S. The van der Waals surface area contributed by atoms with Crippen LogP contribution in [0, 0.1) is 0 Å². The first-order chi connectivity index (χ1) is 7.06. The molecule has 0 atom stereocenters. The van der Waals surface area contributed by atoms with Crippen molar-refractivity contribution in [2.24, 2.45) is 0 Å². The predicted molar refractivity (Wildman–Crippen MR) is 56.7 cm³/mol. The number of sulfone groups is 1. The monoisotopic (exact) mass is 227 g/mol. The highest BCUT2D eigenvalue weighted by atomic mass is 32.2. The van der Waals surface area contributed by atoms with Gasteiger partial charge in [0.25, 0.3) is 5.56 Å². The Hall–Kier alpha value is -1.10. The number of rotatable bonds is 3. The van der Waals surface area contributed by atoms with Crippen LogP contribution in [-0.2, 0) is 9.84 Å². The summed E-state index contributed by atoms with van der Waals surface area (Å²) in [7, 11) is -3.39. The van der Waals surface area contributed by atoms with Crippen LogP contribution in [0.15, 0.2) is 28.0 Å². The topological polar surface area (TPSA) is 56.1 Å². The van der Waals surface area contributed by atoms with E-state index in [4.69, 9.17) is 0 Å². The quantitative estimate of drug-likeness (QED) is 0.773. The van der Waals surface area contributed by atoms with Gasteiger partial charge < -0.3 is 4.57 Å². The third-order valence-corrected chi connectivity index (χ3v) is 4.34. The molecule has 2 rings (SSSR count). The predicted octanol–water partition coefficient (Wildman–Crippen LogP) is 0.977. The number of nitrogens with zero attached hydrogens (tertiary/aromatic N) is 1. The maximum atomic E-state index is 11.8. The third-order valence-electron chi connectivity index (χ3n) is 2.59. The lowest BCUT2D eigenvalue weighted by atomic mass is 10.4. The number of aromatic nitrogens is 1. The molecule has 1 aliphatic rings. The number of hydrogen-bond acceptors (Lipinski definition) is 3. The molecule has 1 fully saturated rings. The van der Waals surface area contributed by atoms with Crippen LogP contribution in [-0.4, -0.2) is 18.7 Å². The normalized spacial score (nSPS) is 16.6. The molecule has 1 aromatic rings. The molecule has 1 heterocycles. The molecule has 1 saturated carbocycles. The molecule has 0 radical (unpaired) electrons. The van der Waals surface area contributed by atoms with Crippen molar-refractivity contribution in [1.82, 2.24) is 4.57 Å². The maximum Gasteiger partial charge on any atom is 0.269 e. The number of pyridine rings is 1. The average molecular weight is 227 g/mol. The molecule has 0 N–H and O–H groups in total. The first-order valence-electron chi connectivity index (χ1n) is 5.00. The zero-order valence-electron chi connectivity index (χ0n) is 8.51. The van der Waals surface area contributed by atoms with E-state index in [1.807, 2.05) is 0 Å². The smallest absolute Gasteiger partial charge is 0.269 e. The highest BCUT2D eigenvalue weighted by Gasteiger charge is 2.26. The molecule has 0 saturated heterocycles. The van der Waals surface area contributed by atoms with Gasteiger partial charge in [-0.1, -0.05) is 6.92 Å². The first kappa shape index (κ1) is 10.4. The van der Waals surface area contributed by atoms with Gasteiger partial charge in [-0.15, -0.1) is 0 Å². The fraction of sp³-hybridized carbons (Fsp3) is 0.500. The van der Waals surface area contributed by atoms with Crippen LogP contribution in [0.1, 0.15) is 25.8 Å². The molecule has 0 bridgehead atoms. The lowest BCUT2D eigenvalue weighted by Crippen LogP contribution is -2.25. The Morgan fingerprint density at radius 3 is 2.67 bits per heavy atom. The van der Waals surface area contributed by atoms with E-state index < -0.39 is 9.84 Å². The van der Waals surface area contributed by atoms with Crippen molar-refractivity contribution in [3.05, 3.63) is 28.7 Å². The van der Waals surface area contributed by atoms with Gasteiger partial charge in [0, 0.05) is 12.2 Å². The van der Waals surface area contributed by atoms with Crippen LogP contribution in [0.25, 0.3) is 0 Å². The standard InChI is InChI=1S/C10H13NO3S/c1-2-15(13,14)9-4-3-7-11(10(9)12)8-5-6-8/h3-4,7-8H,2,5-6H2,1H3. The van der Waals surface area contributed by atoms with E-state index in [1.165, 1.54) is 10.6 Å². The highest BCUT2D eigenvalue weighted by molar-refractivity contribution is 7.91.